The van der Waals surface area contributed by atoms with Gasteiger partial charge in [0, 0.05) is 5.41 Å². The third-order valence-corrected chi connectivity index (χ3v) is 2.59. The van der Waals surface area contributed by atoms with Crippen LogP contribution in [-0.4, -0.2) is 10.8 Å². The third-order valence-electron chi connectivity index (χ3n) is 2.59. The van der Waals surface area contributed by atoms with Gasteiger partial charge >= 0.3 is 0 Å². The number of aliphatic hydroxyl groups is 1. The maximum Gasteiger partial charge on any atom is 0.118 e. The van der Waals surface area contributed by atoms with Crippen LogP contribution in [-0.2, 0) is 0 Å². The fraction of sp³-hybridized carbons (Fsp3) is 1.00. The van der Waals surface area contributed by atoms with E-state index in [9.17, 15) is 5.11 Å². The van der Waals surface area contributed by atoms with Gasteiger partial charge in [0.25, 0.3) is 0 Å². The van der Waals surface area contributed by atoms with Crippen molar-refractivity contribution in [1.29, 1.82) is 0 Å². The Bertz CT molecular complexity index is 93.8. The van der Waals surface area contributed by atoms with Crippen LogP contribution in [0.3, 0.4) is 0 Å². The molecule has 0 amide bonds. The summed E-state index contributed by atoms with van der Waals surface area (Å²) in [6, 6.07) is 0. The molecule has 1 unspecified atom stereocenters. The first-order valence-electron chi connectivity index (χ1n) is 3.88. The van der Waals surface area contributed by atoms with E-state index in [1.807, 2.05) is 27.7 Å². The predicted molar refractivity (Wildman–Crippen MR) is 43.5 cm³/mol. The van der Waals surface area contributed by atoms with Gasteiger partial charge in [0.15, 0.2) is 0 Å². The molecule has 0 aromatic heterocycles. The van der Waals surface area contributed by atoms with E-state index in [2.05, 4.69) is 0 Å². The standard InChI is InChI=1S/C8H19NO/c1-5-7(3,4)8(9,10)6-2/h10H,5-6,9H2,1-4H3. The van der Waals surface area contributed by atoms with Crippen LogP contribution in [0.1, 0.15) is 40.5 Å². The fourth-order valence-corrected chi connectivity index (χ4v) is 0.785. The Morgan fingerprint density at radius 3 is 1.70 bits per heavy atom. The highest BCUT2D eigenvalue weighted by molar-refractivity contribution is 4.85. The van der Waals surface area contributed by atoms with Gasteiger partial charge in [0.1, 0.15) is 5.72 Å². The van der Waals surface area contributed by atoms with Crippen LogP contribution in [0.4, 0.5) is 0 Å². The second-order valence-corrected chi connectivity index (χ2v) is 3.52. The zero-order chi connectivity index (χ0) is 8.41. The zero-order valence-electron chi connectivity index (χ0n) is 7.44. The molecule has 62 valence electrons. The quantitative estimate of drug-likeness (QED) is 0.591. The molecule has 0 radical (unpaired) electrons. The van der Waals surface area contributed by atoms with Crippen molar-refractivity contribution in [3.63, 3.8) is 0 Å². The van der Waals surface area contributed by atoms with Crippen molar-refractivity contribution in [2.75, 3.05) is 0 Å². The minimum atomic E-state index is -1.01. The maximum atomic E-state index is 9.63. The Morgan fingerprint density at radius 1 is 1.20 bits per heavy atom. The molecule has 10 heavy (non-hydrogen) atoms. The van der Waals surface area contributed by atoms with Gasteiger partial charge in [-0.15, -0.1) is 0 Å². The van der Waals surface area contributed by atoms with E-state index in [1.54, 1.807) is 0 Å². The summed E-state index contributed by atoms with van der Waals surface area (Å²) in [4.78, 5) is 0. The molecule has 0 saturated heterocycles. The molecule has 0 aromatic rings. The molecule has 0 saturated carbocycles. The molecule has 0 aromatic carbocycles. The lowest BCUT2D eigenvalue weighted by molar-refractivity contribution is -0.0669. The van der Waals surface area contributed by atoms with Crippen LogP contribution in [0.15, 0.2) is 0 Å². The first-order chi connectivity index (χ1) is 4.37. The van der Waals surface area contributed by atoms with Gasteiger partial charge in [0.2, 0.25) is 0 Å². The van der Waals surface area contributed by atoms with Crippen molar-refractivity contribution < 1.29 is 5.11 Å². The van der Waals surface area contributed by atoms with E-state index in [-0.39, 0.29) is 5.41 Å². The summed E-state index contributed by atoms with van der Waals surface area (Å²) >= 11 is 0. The molecule has 3 N–H and O–H groups in total. The molecule has 2 nitrogen and oxygen atoms in total. The summed E-state index contributed by atoms with van der Waals surface area (Å²) in [5.74, 6) is 0. The Labute approximate surface area is 63.4 Å². The number of hydrogen-bond acceptors (Lipinski definition) is 2. The zero-order valence-corrected chi connectivity index (χ0v) is 7.44. The van der Waals surface area contributed by atoms with Gasteiger partial charge in [-0.05, 0) is 12.8 Å². The highest BCUT2D eigenvalue weighted by Crippen LogP contribution is 2.32. The van der Waals surface area contributed by atoms with Gasteiger partial charge in [0.05, 0.1) is 0 Å². The van der Waals surface area contributed by atoms with Crippen molar-refractivity contribution in [1.82, 2.24) is 0 Å². The second-order valence-electron chi connectivity index (χ2n) is 3.52. The van der Waals surface area contributed by atoms with Crippen LogP contribution in [0.2, 0.25) is 0 Å². The monoisotopic (exact) mass is 145 g/mol. The Balaban J connectivity index is 4.28. The molecule has 0 spiro atoms. The molecule has 0 aliphatic heterocycles. The van der Waals surface area contributed by atoms with Crippen LogP contribution in [0.25, 0.3) is 0 Å². The summed E-state index contributed by atoms with van der Waals surface area (Å²) in [5.41, 5.74) is 4.47. The maximum absolute atomic E-state index is 9.63. The first kappa shape index (κ1) is 9.92. The lowest BCUT2D eigenvalue weighted by Crippen LogP contribution is -2.51. The lowest BCUT2D eigenvalue weighted by atomic mass is 9.78. The molecule has 0 heterocycles. The molecule has 2 heteroatoms. The molecule has 0 rings (SSSR count). The summed E-state index contributed by atoms with van der Waals surface area (Å²) < 4.78 is 0. The van der Waals surface area contributed by atoms with Gasteiger partial charge in [-0.1, -0.05) is 27.7 Å². The van der Waals surface area contributed by atoms with Crippen LogP contribution in [0.5, 0.6) is 0 Å². The van der Waals surface area contributed by atoms with Crippen LogP contribution < -0.4 is 5.73 Å². The Morgan fingerprint density at radius 2 is 1.60 bits per heavy atom. The van der Waals surface area contributed by atoms with Gasteiger partial charge in [-0.2, -0.15) is 0 Å². The molecule has 1 atom stereocenters. The van der Waals surface area contributed by atoms with Crippen molar-refractivity contribution in [2.45, 2.75) is 46.3 Å². The van der Waals surface area contributed by atoms with E-state index in [4.69, 9.17) is 5.73 Å². The molecule has 0 bridgehead atoms. The van der Waals surface area contributed by atoms with Gasteiger partial charge < -0.3 is 10.8 Å². The van der Waals surface area contributed by atoms with E-state index in [0.29, 0.717) is 6.42 Å². The Hall–Kier alpha value is -0.0800. The molecule has 0 aliphatic rings. The highest BCUT2D eigenvalue weighted by Gasteiger charge is 2.36. The minimum absolute atomic E-state index is 0.179. The van der Waals surface area contributed by atoms with Crippen LogP contribution >= 0.6 is 0 Å². The van der Waals surface area contributed by atoms with Crippen LogP contribution in [0, 0.1) is 5.41 Å². The fourth-order valence-electron chi connectivity index (χ4n) is 0.785. The molecule has 0 aliphatic carbocycles. The van der Waals surface area contributed by atoms with E-state index in [1.165, 1.54) is 0 Å². The van der Waals surface area contributed by atoms with Crippen molar-refractivity contribution >= 4 is 0 Å². The normalized spacial score (nSPS) is 18.6. The number of hydrogen-bond donors (Lipinski definition) is 2. The summed E-state index contributed by atoms with van der Waals surface area (Å²) in [5, 5.41) is 9.63. The minimum Gasteiger partial charge on any atom is -0.376 e. The molecule has 0 fully saturated rings. The summed E-state index contributed by atoms with van der Waals surface area (Å²) in [7, 11) is 0. The lowest BCUT2D eigenvalue weighted by Gasteiger charge is -2.38. The average Bonchev–Trinajstić information content (AvgIpc) is 1.88. The largest absolute Gasteiger partial charge is 0.376 e. The average molecular weight is 145 g/mol. The van der Waals surface area contributed by atoms with Gasteiger partial charge in [-0.3, -0.25) is 0 Å². The second kappa shape index (κ2) is 2.89. The van der Waals surface area contributed by atoms with Gasteiger partial charge in [-0.25, -0.2) is 0 Å². The predicted octanol–water partition coefficient (Wildman–Crippen LogP) is 1.48. The SMILES string of the molecule is CCC(C)(C)C(N)(O)CC. The third kappa shape index (κ3) is 1.70. The smallest absolute Gasteiger partial charge is 0.118 e. The van der Waals surface area contributed by atoms with E-state index >= 15 is 0 Å². The van der Waals surface area contributed by atoms with E-state index < -0.39 is 5.72 Å². The summed E-state index contributed by atoms with van der Waals surface area (Å²) in [6.07, 6.45) is 1.50. The van der Waals surface area contributed by atoms with Crippen molar-refractivity contribution in [3.8, 4) is 0 Å². The Kier molecular flexibility index (Phi) is 2.86. The number of rotatable bonds is 3. The molecular formula is C8H19NO. The van der Waals surface area contributed by atoms with Crippen molar-refractivity contribution in [2.24, 2.45) is 11.1 Å². The van der Waals surface area contributed by atoms with E-state index in [0.717, 1.165) is 6.42 Å². The molecular weight excluding hydrogens is 126 g/mol. The topological polar surface area (TPSA) is 46.2 Å². The van der Waals surface area contributed by atoms with Crippen molar-refractivity contribution in [3.05, 3.63) is 0 Å². The summed E-state index contributed by atoms with van der Waals surface area (Å²) in [6.45, 7) is 7.90. The number of nitrogens with two attached hydrogens (primary N) is 1. The first-order valence-corrected chi connectivity index (χ1v) is 3.88. The highest BCUT2D eigenvalue weighted by atomic mass is 16.3.